The van der Waals surface area contributed by atoms with Gasteiger partial charge in [-0.15, -0.1) is 0 Å². The van der Waals surface area contributed by atoms with Crippen molar-refractivity contribution in [2.24, 2.45) is 5.10 Å². The Morgan fingerprint density at radius 1 is 1.29 bits per heavy atom. The Balaban J connectivity index is 1.80. The lowest BCUT2D eigenvalue weighted by Gasteiger charge is -2.27. The van der Waals surface area contributed by atoms with Crippen LogP contribution in [0.1, 0.15) is 35.2 Å². The van der Waals surface area contributed by atoms with Crippen LogP contribution in [0.2, 0.25) is 0 Å². The third-order valence-corrected chi connectivity index (χ3v) is 6.53. The van der Waals surface area contributed by atoms with Gasteiger partial charge in [-0.1, -0.05) is 6.07 Å². The highest BCUT2D eigenvalue weighted by Gasteiger charge is 2.37. The summed E-state index contributed by atoms with van der Waals surface area (Å²) in [6, 6.07) is 4.25. The molecule has 2 heterocycles. The Hall–Kier alpha value is -2.75. The van der Waals surface area contributed by atoms with Gasteiger partial charge in [-0.05, 0) is 31.0 Å². The predicted molar refractivity (Wildman–Crippen MR) is 102 cm³/mol. The number of nitrogens with zero attached hydrogens (tertiary/aromatic N) is 2. The summed E-state index contributed by atoms with van der Waals surface area (Å²) in [5, 5.41) is 7.99. The molecule has 1 aromatic carbocycles. The molecule has 150 valence electrons. The maximum absolute atomic E-state index is 12.7. The summed E-state index contributed by atoms with van der Waals surface area (Å²) in [7, 11) is -1.91. The molecule has 0 spiro atoms. The van der Waals surface area contributed by atoms with Crippen molar-refractivity contribution >= 4 is 39.0 Å². The van der Waals surface area contributed by atoms with E-state index in [2.05, 4.69) is 15.2 Å². The molecule has 1 aromatic rings. The van der Waals surface area contributed by atoms with Crippen molar-refractivity contribution in [1.29, 1.82) is 0 Å². The highest BCUT2D eigenvalue weighted by Crippen LogP contribution is 2.23. The normalized spacial score (nSPS) is 21.2. The van der Waals surface area contributed by atoms with Gasteiger partial charge in [0.15, 0.2) is 9.84 Å². The third kappa shape index (κ3) is 4.22. The average Bonchev–Trinajstić information content (AvgIpc) is 3.02. The first kappa shape index (κ1) is 20.0. The molecule has 2 aliphatic heterocycles. The summed E-state index contributed by atoms with van der Waals surface area (Å²) in [5.74, 6) is -1.44. The van der Waals surface area contributed by atoms with Gasteiger partial charge in [-0.3, -0.25) is 9.59 Å². The Labute approximate surface area is 162 Å². The van der Waals surface area contributed by atoms with E-state index in [4.69, 9.17) is 0 Å². The summed E-state index contributed by atoms with van der Waals surface area (Å²) in [5.41, 5.74) is 1.61. The fraction of sp³-hybridized carbons (Fsp3) is 0.444. The molecule has 0 radical (unpaired) electrons. The van der Waals surface area contributed by atoms with E-state index < -0.39 is 27.8 Å². The van der Waals surface area contributed by atoms with Crippen molar-refractivity contribution in [3.05, 3.63) is 29.3 Å². The molecule has 0 unspecified atom stereocenters. The molecule has 9 nitrogen and oxygen atoms in total. The van der Waals surface area contributed by atoms with E-state index in [1.54, 1.807) is 19.1 Å². The van der Waals surface area contributed by atoms with Gasteiger partial charge in [-0.2, -0.15) is 5.10 Å². The van der Waals surface area contributed by atoms with Crippen molar-refractivity contribution in [2.45, 2.75) is 32.2 Å². The van der Waals surface area contributed by atoms with E-state index >= 15 is 0 Å². The molecule has 1 N–H and O–H groups in total. The largest absolute Gasteiger partial charge is 0.465 e. The molecule has 10 heteroatoms. The molecule has 1 fully saturated rings. The predicted octanol–water partition coefficient (Wildman–Crippen LogP) is 0.886. The Morgan fingerprint density at radius 3 is 2.68 bits per heavy atom. The van der Waals surface area contributed by atoms with Gasteiger partial charge < -0.3 is 10.1 Å². The lowest BCUT2D eigenvalue weighted by atomic mass is 10.1. The summed E-state index contributed by atoms with van der Waals surface area (Å²) < 4.78 is 28.1. The number of nitrogens with one attached hydrogen (secondary N) is 1. The highest BCUT2D eigenvalue weighted by molar-refractivity contribution is 7.91. The molecule has 0 aliphatic carbocycles. The van der Waals surface area contributed by atoms with Crippen LogP contribution in [-0.2, 0) is 24.2 Å². The number of esters is 1. The van der Waals surface area contributed by atoms with Gasteiger partial charge >= 0.3 is 5.97 Å². The van der Waals surface area contributed by atoms with Crippen LogP contribution in [0.25, 0.3) is 0 Å². The van der Waals surface area contributed by atoms with Crippen LogP contribution in [0.3, 0.4) is 0 Å². The fourth-order valence-corrected chi connectivity index (χ4v) is 4.88. The van der Waals surface area contributed by atoms with Gasteiger partial charge in [-0.25, -0.2) is 18.2 Å². The monoisotopic (exact) mass is 407 g/mol. The van der Waals surface area contributed by atoms with Crippen molar-refractivity contribution < 1.29 is 27.5 Å². The molecular weight excluding hydrogens is 386 g/mol. The zero-order valence-electron chi connectivity index (χ0n) is 15.6. The molecule has 1 atom stereocenters. The number of benzene rings is 1. The van der Waals surface area contributed by atoms with Crippen molar-refractivity contribution in [2.75, 3.05) is 23.9 Å². The zero-order chi connectivity index (χ0) is 20.5. The Bertz CT molecular complexity index is 970. The second-order valence-corrected chi connectivity index (χ2v) is 9.05. The van der Waals surface area contributed by atoms with E-state index in [0.717, 1.165) is 10.6 Å². The van der Waals surface area contributed by atoms with Gasteiger partial charge in [0, 0.05) is 18.5 Å². The smallest absolute Gasteiger partial charge is 0.337 e. The summed E-state index contributed by atoms with van der Waals surface area (Å²) >= 11 is 0. The molecular formula is C18H21N3O6S. The molecule has 0 saturated carbocycles. The molecule has 3 rings (SSSR count). The number of carbonyl (C=O) groups excluding carboxylic acids is 3. The van der Waals surface area contributed by atoms with E-state index in [0.29, 0.717) is 17.7 Å². The lowest BCUT2D eigenvalue weighted by Crippen LogP contribution is -2.42. The van der Waals surface area contributed by atoms with Gasteiger partial charge in [0.05, 0.1) is 30.2 Å². The van der Waals surface area contributed by atoms with Crippen LogP contribution >= 0.6 is 0 Å². The van der Waals surface area contributed by atoms with E-state index in [1.807, 2.05) is 0 Å². The summed E-state index contributed by atoms with van der Waals surface area (Å²) in [6.07, 6.45) is 0.563. The minimum absolute atomic E-state index is 0.0119. The number of hydrogen-bond acceptors (Lipinski definition) is 7. The van der Waals surface area contributed by atoms with Crippen LogP contribution < -0.4 is 5.32 Å². The first-order chi connectivity index (χ1) is 13.2. The molecule has 0 bridgehead atoms. The number of hydrogen-bond donors (Lipinski definition) is 1. The average molecular weight is 407 g/mol. The maximum Gasteiger partial charge on any atom is 0.337 e. The second-order valence-electron chi connectivity index (χ2n) is 6.82. The number of ether oxygens (including phenoxy) is 1. The van der Waals surface area contributed by atoms with Crippen molar-refractivity contribution in [1.82, 2.24) is 5.01 Å². The van der Waals surface area contributed by atoms with Gasteiger partial charge in [0.2, 0.25) is 5.91 Å². The first-order valence-corrected chi connectivity index (χ1v) is 10.6. The first-order valence-electron chi connectivity index (χ1n) is 8.80. The van der Waals surface area contributed by atoms with Gasteiger partial charge in [0.1, 0.15) is 5.71 Å². The maximum atomic E-state index is 12.7. The van der Waals surface area contributed by atoms with Crippen molar-refractivity contribution in [3.63, 3.8) is 0 Å². The molecule has 1 saturated heterocycles. The van der Waals surface area contributed by atoms with Crippen LogP contribution in [0.15, 0.2) is 23.3 Å². The zero-order valence-corrected chi connectivity index (χ0v) is 16.4. The van der Waals surface area contributed by atoms with Crippen molar-refractivity contribution in [3.8, 4) is 0 Å². The standard InChI is InChI=1S/C18H21N3O6S/c1-11-3-4-12(18(24)27-2)9-15(11)19-17(23)14-5-6-16(22)21(20-14)13-7-8-28(25,26)10-13/h3-4,9,13H,5-8,10H2,1-2H3,(H,19,23)/t13-/m0/s1. The van der Waals surface area contributed by atoms with E-state index in [-0.39, 0.29) is 36.0 Å². The van der Waals surface area contributed by atoms with Crippen LogP contribution in [0.4, 0.5) is 5.69 Å². The Kier molecular flexibility index (Phi) is 5.50. The molecule has 2 aliphatic rings. The quantitative estimate of drug-likeness (QED) is 0.740. The van der Waals surface area contributed by atoms with E-state index in [1.165, 1.54) is 13.2 Å². The number of carbonyl (C=O) groups is 3. The SMILES string of the molecule is COC(=O)c1ccc(C)c(NC(=O)C2=NN([C@H]3CCS(=O)(=O)C3)C(=O)CC2)c1. The Morgan fingerprint density at radius 2 is 2.04 bits per heavy atom. The third-order valence-electron chi connectivity index (χ3n) is 4.78. The molecule has 0 aromatic heterocycles. The van der Waals surface area contributed by atoms with Gasteiger partial charge in [0.25, 0.3) is 5.91 Å². The minimum Gasteiger partial charge on any atom is -0.465 e. The van der Waals surface area contributed by atoms with Crippen LogP contribution in [-0.4, -0.2) is 61.6 Å². The summed E-state index contributed by atoms with van der Waals surface area (Å²) in [6.45, 7) is 1.78. The number of rotatable bonds is 4. The van der Waals surface area contributed by atoms with E-state index in [9.17, 15) is 22.8 Å². The minimum atomic E-state index is -3.18. The second kappa shape index (κ2) is 7.70. The number of hydrazone groups is 1. The number of anilines is 1. The lowest BCUT2D eigenvalue weighted by molar-refractivity contribution is -0.133. The molecule has 2 amide bonds. The number of methoxy groups -OCH3 is 1. The topological polar surface area (TPSA) is 122 Å². The number of aryl methyl sites for hydroxylation is 1. The highest BCUT2D eigenvalue weighted by atomic mass is 32.2. The summed E-state index contributed by atoms with van der Waals surface area (Å²) in [4.78, 5) is 36.5. The van der Waals surface area contributed by atoms with Crippen LogP contribution in [0.5, 0.6) is 0 Å². The fourth-order valence-electron chi connectivity index (χ4n) is 3.18. The number of amides is 2. The molecule has 28 heavy (non-hydrogen) atoms. The number of sulfone groups is 1. The van der Waals surface area contributed by atoms with Crippen LogP contribution in [0, 0.1) is 6.92 Å².